The summed E-state index contributed by atoms with van der Waals surface area (Å²) in [6.45, 7) is 4.19. The van der Waals surface area contributed by atoms with E-state index in [2.05, 4.69) is 0 Å². The summed E-state index contributed by atoms with van der Waals surface area (Å²) in [6.07, 6.45) is 1.63. The van der Waals surface area contributed by atoms with E-state index in [-0.39, 0.29) is 11.3 Å². The summed E-state index contributed by atoms with van der Waals surface area (Å²) >= 11 is 5.57. The SMILES string of the molecule is CC(C)N(CCCl)S(=O)(=O)C1CC1. The van der Waals surface area contributed by atoms with Crippen molar-refractivity contribution in [3.63, 3.8) is 0 Å². The maximum absolute atomic E-state index is 11.8. The molecule has 5 heteroatoms. The molecule has 1 saturated carbocycles. The topological polar surface area (TPSA) is 37.4 Å². The monoisotopic (exact) mass is 225 g/mol. The van der Waals surface area contributed by atoms with E-state index in [1.165, 1.54) is 4.31 Å². The number of alkyl halides is 1. The Morgan fingerprint density at radius 3 is 2.31 bits per heavy atom. The van der Waals surface area contributed by atoms with Gasteiger partial charge in [0.25, 0.3) is 0 Å². The Morgan fingerprint density at radius 2 is 2.00 bits per heavy atom. The normalized spacial score (nSPS) is 18.5. The average molecular weight is 226 g/mol. The molecule has 0 aliphatic heterocycles. The van der Waals surface area contributed by atoms with E-state index in [9.17, 15) is 8.42 Å². The summed E-state index contributed by atoms with van der Waals surface area (Å²) in [5, 5.41) is -0.127. The molecule has 13 heavy (non-hydrogen) atoms. The van der Waals surface area contributed by atoms with Gasteiger partial charge in [0.15, 0.2) is 0 Å². The molecule has 0 heterocycles. The first kappa shape index (κ1) is 11.3. The third-order valence-electron chi connectivity index (χ3n) is 2.15. The summed E-state index contributed by atoms with van der Waals surface area (Å²) in [4.78, 5) is 0. The molecule has 0 N–H and O–H groups in total. The van der Waals surface area contributed by atoms with Crippen molar-refractivity contribution in [3.8, 4) is 0 Å². The molecule has 0 atom stereocenters. The van der Waals surface area contributed by atoms with E-state index in [0.717, 1.165) is 12.8 Å². The van der Waals surface area contributed by atoms with Crippen molar-refractivity contribution in [3.05, 3.63) is 0 Å². The van der Waals surface area contributed by atoms with Crippen LogP contribution in [0, 0.1) is 0 Å². The molecule has 1 aliphatic rings. The van der Waals surface area contributed by atoms with E-state index in [1.54, 1.807) is 0 Å². The Labute approximate surface area is 85.1 Å². The van der Waals surface area contributed by atoms with E-state index < -0.39 is 10.0 Å². The zero-order chi connectivity index (χ0) is 10.1. The molecule has 0 aromatic carbocycles. The molecule has 3 nitrogen and oxygen atoms in total. The second-order valence-electron chi connectivity index (χ2n) is 3.64. The first-order valence-electron chi connectivity index (χ1n) is 4.56. The minimum absolute atomic E-state index is 0.0179. The highest BCUT2D eigenvalue weighted by Gasteiger charge is 2.40. The highest BCUT2D eigenvalue weighted by Crippen LogP contribution is 2.31. The number of rotatable bonds is 5. The molecule has 0 saturated heterocycles. The maximum atomic E-state index is 11.8. The van der Waals surface area contributed by atoms with Gasteiger partial charge in [0.05, 0.1) is 5.25 Å². The van der Waals surface area contributed by atoms with Crippen LogP contribution in [-0.4, -0.2) is 36.4 Å². The predicted octanol–water partition coefficient (Wildman–Crippen LogP) is 1.43. The van der Waals surface area contributed by atoms with Crippen molar-refractivity contribution >= 4 is 21.6 Å². The van der Waals surface area contributed by atoms with Gasteiger partial charge in [-0.1, -0.05) is 0 Å². The Bertz CT molecular complexity index is 259. The zero-order valence-corrected chi connectivity index (χ0v) is 9.61. The van der Waals surface area contributed by atoms with Crippen LogP contribution in [0.3, 0.4) is 0 Å². The van der Waals surface area contributed by atoms with Gasteiger partial charge in [0.2, 0.25) is 10.0 Å². The standard InChI is InChI=1S/C8H16ClNO2S/c1-7(2)10(6-5-9)13(11,12)8-3-4-8/h7-8H,3-6H2,1-2H3. The van der Waals surface area contributed by atoms with Crippen LogP contribution in [0.4, 0.5) is 0 Å². The second kappa shape index (κ2) is 4.15. The Hall–Kier alpha value is 0.200. The van der Waals surface area contributed by atoms with Crippen LogP contribution in [0.1, 0.15) is 26.7 Å². The molecular weight excluding hydrogens is 210 g/mol. The molecule has 0 radical (unpaired) electrons. The van der Waals surface area contributed by atoms with Gasteiger partial charge < -0.3 is 0 Å². The van der Waals surface area contributed by atoms with Crippen LogP contribution in [-0.2, 0) is 10.0 Å². The van der Waals surface area contributed by atoms with Crippen molar-refractivity contribution in [1.29, 1.82) is 0 Å². The van der Waals surface area contributed by atoms with Crippen LogP contribution in [0.15, 0.2) is 0 Å². The highest BCUT2D eigenvalue weighted by atomic mass is 35.5. The predicted molar refractivity (Wildman–Crippen MR) is 54.5 cm³/mol. The van der Waals surface area contributed by atoms with Gasteiger partial charge in [0.1, 0.15) is 0 Å². The van der Waals surface area contributed by atoms with Crippen LogP contribution in [0.2, 0.25) is 0 Å². The minimum Gasteiger partial charge on any atom is -0.212 e. The smallest absolute Gasteiger partial charge is 0.212 e. The lowest BCUT2D eigenvalue weighted by Crippen LogP contribution is -2.40. The fourth-order valence-electron chi connectivity index (χ4n) is 1.32. The van der Waals surface area contributed by atoms with Gasteiger partial charge in [-0.25, -0.2) is 8.42 Å². The second-order valence-corrected chi connectivity index (χ2v) is 6.18. The third kappa shape index (κ3) is 2.58. The molecule has 0 amide bonds. The lowest BCUT2D eigenvalue weighted by molar-refractivity contribution is 0.370. The number of nitrogens with zero attached hydrogens (tertiary/aromatic N) is 1. The molecule has 0 unspecified atom stereocenters. The van der Waals surface area contributed by atoms with Gasteiger partial charge in [-0.2, -0.15) is 4.31 Å². The van der Waals surface area contributed by atoms with Crippen LogP contribution >= 0.6 is 11.6 Å². The first-order chi connectivity index (χ1) is 6.00. The van der Waals surface area contributed by atoms with Crippen LogP contribution < -0.4 is 0 Å². The van der Waals surface area contributed by atoms with Gasteiger partial charge in [0, 0.05) is 18.5 Å². The van der Waals surface area contributed by atoms with E-state index in [0.29, 0.717) is 12.4 Å². The summed E-state index contributed by atoms with van der Waals surface area (Å²) < 4.78 is 25.1. The molecular formula is C8H16ClNO2S. The molecule has 0 aromatic rings. The largest absolute Gasteiger partial charge is 0.217 e. The summed E-state index contributed by atoms with van der Waals surface area (Å²) in [7, 11) is -3.04. The molecule has 1 fully saturated rings. The summed E-state index contributed by atoms with van der Waals surface area (Å²) in [5.74, 6) is 0.365. The average Bonchev–Trinajstić information content (AvgIpc) is 2.80. The molecule has 0 bridgehead atoms. The van der Waals surface area contributed by atoms with Crippen molar-refractivity contribution in [2.75, 3.05) is 12.4 Å². The van der Waals surface area contributed by atoms with E-state index in [4.69, 9.17) is 11.6 Å². The molecule has 1 rings (SSSR count). The number of hydrogen-bond acceptors (Lipinski definition) is 2. The number of halogens is 1. The third-order valence-corrected chi connectivity index (χ3v) is 4.89. The molecule has 0 aromatic heterocycles. The van der Waals surface area contributed by atoms with Crippen molar-refractivity contribution in [2.45, 2.75) is 38.0 Å². The van der Waals surface area contributed by atoms with Gasteiger partial charge in [-0.05, 0) is 26.7 Å². The van der Waals surface area contributed by atoms with Crippen molar-refractivity contribution < 1.29 is 8.42 Å². The van der Waals surface area contributed by atoms with Gasteiger partial charge >= 0.3 is 0 Å². The van der Waals surface area contributed by atoms with E-state index in [1.807, 2.05) is 13.8 Å². The van der Waals surface area contributed by atoms with E-state index >= 15 is 0 Å². The summed E-state index contributed by atoms with van der Waals surface area (Å²) in [5.41, 5.74) is 0. The molecule has 1 aliphatic carbocycles. The number of sulfonamides is 1. The van der Waals surface area contributed by atoms with Gasteiger partial charge in [-0.3, -0.25) is 0 Å². The molecule has 78 valence electrons. The fraction of sp³-hybridized carbons (Fsp3) is 1.00. The Balaban J connectivity index is 2.73. The Kier molecular flexibility index (Phi) is 3.60. The lowest BCUT2D eigenvalue weighted by Gasteiger charge is -2.24. The first-order valence-corrected chi connectivity index (χ1v) is 6.60. The zero-order valence-electron chi connectivity index (χ0n) is 8.03. The van der Waals surface area contributed by atoms with Crippen molar-refractivity contribution in [1.82, 2.24) is 4.31 Å². The number of hydrogen-bond donors (Lipinski definition) is 0. The Morgan fingerprint density at radius 1 is 1.46 bits per heavy atom. The van der Waals surface area contributed by atoms with Crippen LogP contribution in [0.25, 0.3) is 0 Å². The van der Waals surface area contributed by atoms with Gasteiger partial charge in [-0.15, -0.1) is 11.6 Å². The minimum atomic E-state index is -3.04. The fourth-order valence-corrected chi connectivity index (χ4v) is 3.65. The maximum Gasteiger partial charge on any atom is 0.217 e. The lowest BCUT2D eigenvalue weighted by atomic mass is 10.4. The molecule has 0 spiro atoms. The van der Waals surface area contributed by atoms with Crippen LogP contribution in [0.5, 0.6) is 0 Å². The highest BCUT2D eigenvalue weighted by molar-refractivity contribution is 7.90. The summed E-state index contributed by atoms with van der Waals surface area (Å²) in [6, 6.07) is 0.0179. The quantitative estimate of drug-likeness (QED) is 0.664. The van der Waals surface area contributed by atoms with Crippen molar-refractivity contribution in [2.24, 2.45) is 0 Å².